The Morgan fingerprint density at radius 3 is 3.00 bits per heavy atom. The van der Waals surface area contributed by atoms with E-state index >= 15 is 0 Å². The molecule has 8 nitrogen and oxygen atoms in total. The lowest BCUT2D eigenvalue weighted by atomic mass is 9.89. The highest BCUT2D eigenvalue weighted by atomic mass is 16.5. The monoisotopic (exact) mass is 343 g/mol. The summed E-state index contributed by atoms with van der Waals surface area (Å²) in [6, 6.07) is 7.09. The lowest BCUT2D eigenvalue weighted by Gasteiger charge is -2.32. The van der Waals surface area contributed by atoms with Crippen molar-refractivity contribution in [3.8, 4) is 5.75 Å². The second-order valence-electron chi connectivity index (χ2n) is 5.69. The largest absolute Gasteiger partial charge is 0.494 e. The van der Waals surface area contributed by atoms with Gasteiger partial charge in [-0.2, -0.15) is 0 Å². The second-order valence-corrected chi connectivity index (χ2v) is 5.69. The molecule has 1 aliphatic heterocycles. The van der Waals surface area contributed by atoms with Crippen molar-refractivity contribution in [3.63, 3.8) is 0 Å². The number of ether oxygens (including phenoxy) is 2. The molecule has 1 aliphatic rings. The minimum absolute atomic E-state index is 0.354. The fourth-order valence-corrected chi connectivity index (χ4v) is 2.87. The molecule has 0 amide bonds. The minimum atomic E-state index is -0.639. The fourth-order valence-electron chi connectivity index (χ4n) is 2.87. The summed E-state index contributed by atoms with van der Waals surface area (Å²) >= 11 is 0. The van der Waals surface area contributed by atoms with E-state index in [9.17, 15) is 4.79 Å². The highest BCUT2D eigenvalue weighted by molar-refractivity contribution is 5.79. The zero-order valence-corrected chi connectivity index (χ0v) is 14.3. The summed E-state index contributed by atoms with van der Waals surface area (Å²) in [6.07, 6.45) is 0.749. The number of benzene rings is 1. The lowest BCUT2D eigenvalue weighted by Crippen LogP contribution is -2.38. The van der Waals surface area contributed by atoms with Gasteiger partial charge in [0.25, 0.3) is 0 Å². The standard InChI is InChI=1S/C17H21N5O3/c1-4-9-25-16(23)14-11(3)18-17-19-20-21-22(17)15(14)12-7-6-8-13(10-12)24-5-2/h6-8,10,14-15H,3-5,9H2,1-2H3,(H,18,19,21). The summed E-state index contributed by atoms with van der Waals surface area (Å²) in [6.45, 7) is 8.77. The van der Waals surface area contributed by atoms with Crippen LogP contribution in [0.4, 0.5) is 5.95 Å². The average molecular weight is 343 g/mol. The minimum Gasteiger partial charge on any atom is -0.494 e. The number of nitrogens with one attached hydrogen (secondary N) is 1. The molecule has 0 aliphatic carbocycles. The van der Waals surface area contributed by atoms with Gasteiger partial charge in [0, 0.05) is 5.70 Å². The van der Waals surface area contributed by atoms with Crippen LogP contribution in [-0.2, 0) is 9.53 Å². The Bertz CT molecular complexity index is 773. The predicted octanol–water partition coefficient (Wildman–Crippen LogP) is 2.17. The van der Waals surface area contributed by atoms with Crippen molar-refractivity contribution in [1.82, 2.24) is 20.2 Å². The van der Waals surface area contributed by atoms with Gasteiger partial charge in [-0.3, -0.25) is 4.79 Å². The molecule has 2 aromatic rings. The number of hydrogen-bond donors (Lipinski definition) is 1. The molecule has 0 saturated carbocycles. The van der Waals surface area contributed by atoms with Crippen LogP contribution in [0.1, 0.15) is 31.9 Å². The number of rotatable bonds is 6. The van der Waals surface area contributed by atoms with Crippen LogP contribution in [0.15, 0.2) is 36.5 Å². The van der Waals surface area contributed by atoms with Gasteiger partial charge in [0.05, 0.1) is 13.2 Å². The molecule has 0 bridgehead atoms. The van der Waals surface area contributed by atoms with Crippen LogP contribution >= 0.6 is 0 Å². The van der Waals surface area contributed by atoms with E-state index < -0.39 is 12.0 Å². The third-order valence-electron chi connectivity index (χ3n) is 3.93. The number of aromatic nitrogens is 4. The molecule has 0 fully saturated rings. The second kappa shape index (κ2) is 7.33. The van der Waals surface area contributed by atoms with Crippen LogP contribution in [0.2, 0.25) is 0 Å². The number of carbonyl (C=O) groups is 1. The SMILES string of the molecule is C=C1Nc2nnnn2C(c2cccc(OCC)c2)C1C(=O)OCCC. The van der Waals surface area contributed by atoms with Crippen LogP contribution in [0.5, 0.6) is 5.75 Å². The average Bonchev–Trinajstić information content (AvgIpc) is 3.06. The Labute approximate surface area is 145 Å². The first kappa shape index (κ1) is 16.9. The first-order valence-electron chi connectivity index (χ1n) is 8.28. The van der Waals surface area contributed by atoms with E-state index in [0.717, 1.165) is 17.7 Å². The number of hydrogen-bond acceptors (Lipinski definition) is 7. The van der Waals surface area contributed by atoms with Crippen LogP contribution in [0.25, 0.3) is 0 Å². The Balaban J connectivity index is 2.03. The van der Waals surface area contributed by atoms with Crippen LogP contribution in [0.3, 0.4) is 0 Å². The van der Waals surface area contributed by atoms with Crippen molar-refractivity contribution in [2.45, 2.75) is 26.3 Å². The normalized spacial score (nSPS) is 19.0. The highest BCUT2D eigenvalue weighted by Gasteiger charge is 2.41. The van der Waals surface area contributed by atoms with Crippen molar-refractivity contribution in [2.24, 2.45) is 5.92 Å². The Morgan fingerprint density at radius 1 is 1.40 bits per heavy atom. The molecular weight excluding hydrogens is 322 g/mol. The topological polar surface area (TPSA) is 91.2 Å². The van der Waals surface area contributed by atoms with Gasteiger partial charge < -0.3 is 14.8 Å². The summed E-state index contributed by atoms with van der Waals surface area (Å²) in [5.41, 5.74) is 1.36. The molecule has 3 rings (SSSR count). The molecular formula is C17H21N5O3. The smallest absolute Gasteiger partial charge is 0.317 e. The van der Waals surface area contributed by atoms with Crippen molar-refractivity contribution in [1.29, 1.82) is 0 Å². The van der Waals surface area contributed by atoms with Crippen molar-refractivity contribution >= 4 is 11.9 Å². The Morgan fingerprint density at radius 2 is 2.24 bits per heavy atom. The molecule has 25 heavy (non-hydrogen) atoms. The van der Waals surface area contributed by atoms with Gasteiger partial charge in [-0.1, -0.05) is 30.7 Å². The molecule has 2 atom stereocenters. The maximum Gasteiger partial charge on any atom is 0.317 e. The van der Waals surface area contributed by atoms with E-state index in [1.165, 1.54) is 0 Å². The number of anilines is 1. The Kier molecular flexibility index (Phi) is 4.97. The molecule has 2 unspecified atom stereocenters. The van der Waals surface area contributed by atoms with Crippen LogP contribution in [0, 0.1) is 5.92 Å². The highest BCUT2D eigenvalue weighted by Crippen LogP contribution is 2.38. The van der Waals surface area contributed by atoms with Crippen LogP contribution < -0.4 is 10.1 Å². The van der Waals surface area contributed by atoms with Gasteiger partial charge in [-0.15, -0.1) is 0 Å². The van der Waals surface area contributed by atoms with E-state index in [-0.39, 0.29) is 5.97 Å². The summed E-state index contributed by atoms with van der Waals surface area (Å²) in [5, 5.41) is 14.7. The van der Waals surface area contributed by atoms with Gasteiger partial charge in [-0.25, -0.2) is 4.68 Å². The van der Waals surface area contributed by atoms with Crippen molar-refractivity contribution < 1.29 is 14.3 Å². The molecule has 132 valence electrons. The maximum atomic E-state index is 12.7. The zero-order valence-electron chi connectivity index (χ0n) is 14.3. The number of carbonyl (C=O) groups excluding carboxylic acids is 1. The third-order valence-corrected chi connectivity index (χ3v) is 3.93. The third kappa shape index (κ3) is 3.33. The van der Waals surface area contributed by atoms with E-state index in [0.29, 0.717) is 24.9 Å². The van der Waals surface area contributed by atoms with Gasteiger partial charge in [0.2, 0.25) is 5.95 Å². The summed E-state index contributed by atoms with van der Waals surface area (Å²) < 4.78 is 12.5. The van der Waals surface area contributed by atoms with Gasteiger partial charge in [-0.05, 0) is 41.5 Å². The van der Waals surface area contributed by atoms with Gasteiger partial charge in [0.1, 0.15) is 17.7 Å². The molecule has 0 spiro atoms. The van der Waals surface area contributed by atoms with Gasteiger partial charge in [0.15, 0.2) is 0 Å². The molecule has 0 saturated heterocycles. The van der Waals surface area contributed by atoms with E-state index in [2.05, 4.69) is 27.4 Å². The number of esters is 1. The van der Waals surface area contributed by atoms with E-state index in [1.807, 2.05) is 38.1 Å². The molecule has 1 aromatic heterocycles. The maximum absolute atomic E-state index is 12.7. The van der Waals surface area contributed by atoms with E-state index in [4.69, 9.17) is 9.47 Å². The summed E-state index contributed by atoms with van der Waals surface area (Å²) in [5.74, 6) is 0.169. The number of tetrazole rings is 1. The van der Waals surface area contributed by atoms with Gasteiger partial charge >= 0.3 is 5.97 Å². The van der Waals surface area contributed by atoms with E-state index in [1.54, 1.807) is 4.68 Å². The first-order valence-corrected chi connectivity index (χ1v) is 8.28. The van der Waals surface area contributed by atoms with Crippen LogP contribution in [-0.4, -0.2) is 39.4 Å². The summed E-state index contributed by atoms with van der Waals surface area (Å²) in [7, 11) is 0. The molecule has 1 aromatic carbocycles. The molecule has 1 N–H and O–H groups in total. The molecule has 2 heterocycles. The number of fused-ring (bicyclic) bond motifs is 1. The van der Waals surface area contributed by atoms with Crippen molar-refractivity contribution in [3.05, 3.63) is 42.1 Å². The van der Waals surface area contributed by atoms with Crippen molar-refractivity contribution in [2.75, 3.05) is 18.5 Å². The molecule has 8 heteroatoms. The first-order chi connectivity index (χ1) is 12.2. The predicted molar refractivity (Wildman–Crippen MR) is 91.1 cm³/mol. The Hall–Kier alpha value is -2.90. The zero-order chi connectivity index (χ0) is 17.8. The summed E-state index contributed by atoms with van der Waals surface area (Å²) in [4.78, 5) is 12.7. The number of nitrogens with zero attached hydrogens (tertiary/aromatic N) is 4. The lowest BCUT2D eigenvalue weighted by molar-refractivity contribution is -0.148. The molecule has 0 radical (unpaired) electrons. The fraction of sp³-hybridized carbons (Fsp3) is 0.412. The quantitative estimate of drug-likeness (QED) is 0.804.